The average Bonchev–Trinajstić information content (AvgIpc) is 2.89. The van der Waals surface area contributed by atoms with Gasteiger partial charge in [0.2, 0.25) is 5.91 Å². The molecular weight excluding hydrogens is 290 g/mol. The van der Waals surface area contributed by atoms with E-state index >= 15 is 0 Å². The molecule has 0 aliphatic heterocycles. The van der Waals surface area contributed by atoms with E-state index in [-0.39, 0.29) is 18.4 Å². The number of benzene rings is 1. The Labute approximate surface area is 129 Å². The molecule has 2 N–H and O–H groups in total. The zero-order chi connectivity index (χ0) is 15.5. The van der Waals surface area contributed by atoms with Crippen molar-refractivity contribution in [3.05, 3.63) is 34.9 Å². The van der Waals surface area contributed by atoms with Gasteiger partial charge in [-0.05, 0) is 37.5 Å². The maximum Gasteiger partial charge on any atom is 0.305 e. The summed E-state index contributed by atoms with van der Waals surface area (Å²) in [5.74, 6) is -0.981. The van der Waals surface area contributed by atoms with E-state index < -0.39 is 11.4 Å². The lowest BCUT2D eigenvalue weighted by Gasteiger charge is -2.30. The van der Waals surface area contributed by atoms with E-state index in [1.165, 1.54) is 0 Å². The summed E-state index contributed by atoms with van der Waals surface area (Å²) >= 11 is 5.92. The van der Waals surface area contributed by atoms with Gasteiger partial charge in [-0.2, -0.15) is 0 Å². The molecule has 0 radical (unpaired) electrons. The lowest BCUT2D eigenvalue weighted by molar-refractivity contribution is -0.137. The van der Waals surface area contributed by atoms with Crippen LogP contribution in [0, 0.1) is 0 Å². The van der Waals surface area contributed by atoms with Gasteiger partial charge in [-0.1, -0.05) is 36.6 Å². The fourth-order valence-corrected chi connectivity index (χ4v) is 3.20. The molecule has 0 heterocycles. The summed E-state index contributed by atoms with van der Waals surface area (Å²) in [4.78, 5) is 23.4. The Balaban J connectivity index is 2.19. The first-order valence-corrected chi connectivity index (χ1v) is 7.61. The molecular formula is C16H20ClNO3. The molecule has 5 heteroatoms. The number of halogens is 1. The molecule has 1 aromatic rings. The van der Waals surface area contributed by atoms with E-state index in [9.17, 15) is 9.59 Å². The number of aliphatic carboxylic acids is 1. The highest BCUT2D eigenvalue weighted by atomic mass is 35.5. The van der Waals surface area contributed by atoms with Gasteiger partial charge in [0, 0.05) is 11.1 Å². The zero-order valence-corrected chi connectivity index (χ0v) is 12.8. The third-order valence-corrected chi connectivity index (χ3v) is 4.40. The van der Waals surface area contributed by atoms with Crippen LogP contribution in [0.15, 0.2) is 24.3 Å². The summed E-state index contributed by atoms with van der Waals surface area (Å²) in [5.41, 5.74) is 0.418. The minimum absolute atomic E-state index is 0.0670. The molecule has 1 unspecified atom stereocenters. The number of carboxylic acid groups (broad SMARTS) is 1. The standard InChI is InChI=1S/C16H20ClNO3/c1-11(10-14(19)20)18-15(21)16(8-2-3-9-16)12-4-6-13(17)7-5-12/h4-7,11H,2-3,8-10H2,1H3,(H,18,21)(H,19,20). The summed E-state index contributed by atoms with van der Waals surface area (Å²) in [6.07, 6.45) is 3.52. The number of carbonyl (C=O) groups is 2. The second kappa shape index (κ2) is 6.48. The van der Waals surface area contributed by atoms with Crippen LogP contribution in [0.5, 0.6) is 0 Å². The van der Waals surface area contributed by atoms with E-state index in [0.29, 0.717) is 5.02 Å². The summed E-state index contributed by atoms with van der Waals surface area (Å²) in [5, 5.41) is 12.3. The molecule has 0 spiro atoms. The lowest BCUT2D eigenvalue weighted by atomic mass is 9.78. The quantitative estimate of drug-likeness (QED) is 0.878. The summed E-state index contributed by atoms with van der Waals surface area (Å²) in [7, 11) is 0. The van der Waals surface area contributed by atoms with Gasteiger partial charge in [0.25, 0.3) is 0 Å². The fourth-order valence-electron chi connectivity index (χ4n) is 3.07. The summed E-state index contributed by atoms with van der Waals surface area (Å²) in [6, 6.07) is 7.01. The van der Waals surface area contributed by atoms with Gasteiger partial charge < -0.3 is 10.4 Å². The van der Waals surface area contributed by atoms with Crippen LogP contribution < -0.4 is 5.32 Å². The van der Waals surface area contributed by atoms with E-state index in [0.717, 1.165) is 31.2 Å². The van der Waals surface area contributed by atoms with Crippen molar-refractivity contribution < 1.29 is 14.7 Å². The number of carbonyl (C=O) groups excluding carboxylic acids is 1. The van der Waals surface area contributed by atoms with Crippen LogP contribution in [-0.2, 0) is 15.0 Å². The van der Waals surface area contributed by atoms with Crippen LogP contribution in [0.2, 0.25) is 5.02 Å². The van der Waals surface area contributed by atoms with Crippen molar-refractivity contribution >= 4 is 23.5 Å². The maximum absolute atomic E-state index is 12.7. The van der Waals surface area contributed by atoms with Gasteiger partial charge >= 0.3 is 5.97 Å². The van der Waals surface area contributed by atoms with Crippen molar-refractivity contribution in [2.24, 2.45) is 0 Å². The van der Waals surface area contributed by atoms with Crippen LogP contribution in [0.1, 0.15) is 44.6 Å². The molecule has 0 bridgehead atoms. The topological polar surface area (TPSA) is 66.4 Å². The Morgan fingerprint density at radius 2 is 1.86 bits per heavy atom. The molecule has 2 rings (SSSR count). The largest absolute Gasteiger partial charge is 0.481 e. The van der Waals surface area contributed by atoms with Crippen LogP contribution >= 0.6 is 11.6 Å². The monoisotopic (exact) mass is 309 g/mol. The highest BCUT2D eigenvalue weighted by Crippen LogP contribution is 2.41. The van der Waals surface area contributed by atoms with Crippen molar-refractivity contribution in [3.8, 4) is 0 Å². The first-order chi connectivity index (χ1) is 9.94. The Bertz CT molecular complexity index is 521. The van der Waals surface area contributed by atoms with Crippen LogP contribution in [0.3, 0.4) is 0 Å². The van der Waals surface area contributed by atoms with Crippen LogP contribution in [-0.4, -0.2) is 23.0 Å². The molecule has 0 saturated heterocycles. The van der Waals surface area contributed by atoms with Crippen molar-refractivity contribution in [1.82, 2.24) is 5.32 Å². The number of amides is 1. The molecule has 1 amide bonds. The number of carboxylic acids is 1. The van der Waals surface area contributed by atoms with Gasteiger partial charge in [-0.15, -0.1) is 0 Å². The molecule has 1 atom stereocenters. The lowest BCUT2D eigenvalue weighted by Crippen LogP contribution is -2.46. The first kappa shape index (κ1) is 15.8. The third-order valence-electron chi connectivity index (χ3n) is 4.15. The Morgan fingerprint density at radius 1 is 1.29 bits per heavy atom. The van der Waals surface area contributed by atoms with E-state index in [4.69, 9.17) is 16.7 Å². The van der Waals surface area contributed by atoms with E-state index in [1.807, 2.05) is 12.1 Å². The second-order valence-corrected chi connectivity index (χ2v) is 6.20. The highest BCUT2D eigenvalue weighted by Gasteiger charge is 2.42. The predicted octanol–water partition coefficient (Wildman–Crippen LogP) is 3.13. The fraction of sp³-hybridized carbons (Fsp3) is 0.500. The van der Waals surface area contributed by atoms with E-state index in [2.05, 4.69) is 5.32 Å². The smallest absolute Gasteiger partial charge is 0.305 e. The highest BCUT2D eigenvalue weighted by molar-refractivity contribution is 6.30. The molecule has 1 aliphatic rings. The van der Waals surface area contributed by atoms with Gasteiger partial charge in [-0.3, -0.25) is 9.59 Å². The minimum Gasteiger partial charge on any atom is -0.481 e. The van der Waals surface area contributed by atoms with E-state index in [1.54, 1.807) is 19.1 Å². The molecule has 1 fully saturated rings. The Morgan fingerprint density at radius 3 is 2.38 bits per heavy atom. The van der Waals surface area contributed by atoms with Gasteiger partial charge in [0.1, 0.15) is 0 Å². The second-order valence-electron chi connectivity index (χ2n) is 5.77. The Kier molecular flexibility index (Phi) is 4.88. The normalized spacial score (nSPS) is 18.2. The summed E-state index contributed by atoms with van der Waals surface area (Å²) < 4.78 is 0. The molecule has 1 aromatic carbocycles. The number of nitrogens with one attached hydrogen (secondary N) is 1. The number of hydrogen-bond donors (Lipinski definition) is 2. The predicted molar refractivity (Wildman–Crippen MR) is 81.5 cm³/mol. The molecule has 4 nitrogen and oxygen atoms in total. The van der Waals surface area contributed by atoms with Gasteiger partial charge in [-0.25, -0.2) is 0 Å². The third kappa shape index (κ3) is 3.56. The molecule has 21 heavy (non-hydrogen) atoms. The van der Waals surface area contributed by atoms with Crippen molar-refractivity contribution in [3.63, 3.8) is 0 Å². The first-order valence-electron chi connectivity index (χ1n) is 7.23. The zero-order valence-electron chi connectivity index (χ0n) is 12.1. The number of rotatable bonds is 5. The maximum atomic E-state index is 12.7. The SMILES string of the molecule is CC(CC(=O)O)NC(=O)C1(c2ccc(Cl)cc2)CCCC1. The molecule has 1 saturated carbocycles. The summed E-state index contributed by atoms with van der Waals surface area (Å²) in [6.45, 7) is 1.72. The van der Waals surface area contributed by atoms with Crippen molar-refractivity contribution in [2.75, 3.05) is 0 Å². The molecule has 114 valence electrons. The van der Waals surface area contributed by atoms with Crippen LogP contribution in [0.4, 0.5) is 0 Å². The Hall–Kier alpha value is -1.55. The molecule has 1 aliphatic carbocycles. The van der Waals surface area contributed by atoms with Gasteiger partial charge in [0.05, 0.1) is 11.8 Å². The van der Waals surface area contributed by atoms with Gasteiger partial charge in [0.15, 0.2) is 0 Å². The van der Waals surface area contributed by atoms with Crippen LogP contribution in [0.25, 0.3) is 0 Å². The molecule has 0 aromatic heterocycles. The average molecular weight is 310 g/mol. The van der Waals surface area contributed by atoms with Crippen molar-refractivity contribution in [1.29, 1.82) is 0 Å². The van der Waals surface area contributed by atoms with Crippen molar-refractivity contribution in [2.45, 2.75) is 50.5 Å². The number of hydrogen-bond acceptors (Lipinski definition) is 2. The minimum atomic E-state index is -0.908.